The van der Waals surface area contributed by atoms with E-state index in [0.717, 1.165) is 10.7 Å². The van der Waals surface area contributed by atoms with Crippen LogP contribution in [0.5, 0.6) is 0 Å². The summed E-state index contributed by atoms with van der Waals surface area (Å²) in [6.07, 6.45) is 0. The minimum absolute atomic E-state index is 0.269. The average Bonchev–Trinajstić information content (AvgIpc) is 2.77. The van der Waals surface area contributed by atoms with Crippen molar-refractivity contribution in [2.24, 2.45) is 0 Å². The number of nitrogens with zero attached hydrogens (tertiary/aromatic N) is 1. The van der Waals surface area contributed by atoms with Crippen molar-refractivity contribution in [3.8, 4) is 0 Å². The number of hydrogen-bond donors (Lipinski definition) is 1. The van der Waals surface area contributed by atoms with Crippen LogP contribution in [0.4, 0.5) is 0 Å². The van der Waals surface area contributed by atoms with Crippen molar-refractivity contribution >= 4 is 21.4 Å². The van der Waals surface area contributed by atoms with Crippen LogP contribution in [0.3, 0.4) is 0 Å². The Kier molecular flexibility index (Phi) is 3.79. The lowest BCUT2D eigenvalue weighted by Gasteiger charge is -2.11. The summed E-state index contributed by atoms with van der Waals surface area (Å²) in [5, 5.41) is 2.68. The van der Waals surface area contributed by atoms with E-state index in [4.69, 9.17) is 0 Å². The second kappa shape index (κ2) is 5.17. The number of hydrogen-bond acceptors (Lipinski definition) is 4. The Morgan fingerprint density at radius 3 is 2.50 bits per heavy atom. The summed E-state index contributed by atoms with van der Waals surface area (Å²) in [4.78, 5) is 4.55. The lowest BCUT2D eigenvalue weighted by atomic mass is 10.4. The van der Waals surface area contributed by atoms with Gasteiger partial charge in [0.15, 0.2) is 0 Å². The Bertz CT molecular complexity index is 621. The zero-order chi connectivity index (χ0) is 13.2. The molecule has 2 aromatic rings. The molecule has 0 amide bonds. The third-order valence-corrected chi connectivity index (χ3v) is 5.09. The third-order valence-electron chi connectivity index (χ3n) is 2.39. The summed E-state index contributed by atoms with van der Waals surface area (Å²) in [6.45, 7) is 3.68. The maximum atomic E-state index is 12.1. The van der Waals surface area contributed by atoms with Gasteiger partial charge in [0.25, 0.3) is 0 Å². The van der Waals surface area contributed by atoms with E-state index in [1.54, 1.807) is 37.3 Å². The van der Waals surface area contributed by atoms with Crippen LogP contribution >= 0.6 is 11.3 Å². The molecule has 0 aliphatic carbocycles. The standard InChI is InChI=1S/C12H14N2O2S2/c1-9-8-17-12(13-9)10(2)14-18(15,16)11-6-4-3-5-7-11/h3-8,10,14H,1-2H3. The number of benzene rings is 1. The smallest absolute Gasteiger partial charge is 0.241 e. The largest absolute Gasteiger partial charge is 0.245 e. The molecular weight excluding hydrogens is 268 g/mol. The number of thiazole rings is 1. The summed E-state index contributed by atoms with van der Waals surface area (Å²) in [5.41, 5.74) is 0.903. The fraction of sp³-hybridized carbons (Fsp3) is 0.250. The van der Waals surface area contributed by atoms with E-state index in [1.807, 2.05) is 12.3 Å². The van der Waals surface area contributed by atoms with Gasteiger partial charge >= 0.3 is 0 Å². The van der Waals surface area contributed by atoms with E-state index in [-0.39, 0.29) is 10.9 Å². The van der Waals surface area contributed by atoms with E-state index >= 15 is 0 Å². The molecule has 0 radical (unpaired) electrons. The van der Waals surface area contributed by atoms with Gasteiger partial charge in [0.2, 0.25) is 10.0 Å². The first kappa shape index (κ1) is 13.2. The van der Waals surface area contributed by atoms with Crippen molar-refractivity contribution in [3.63, 3.8) is 0 Å². The van der Waals surface area contributed by atoms with Gasteiger partial charge in [0, 0.05) is 11.1 Å². The molecule has 96 valence electrons. The minimum atomic E-state index is -3.48. The number of aromatic nitrogens is 1. The lowest BCUT2D eigenvalue weighted by Crippen LogP contribution is -2.26. The monoisotopic (exact) mass is 282 g/mol. The number of aryl methyl sites for hydroxylation is 1. The molecule has 18 heavy (non-hydrogen) atoms. The minimum Gasteiger partial charge on any atom is -0.245 e. The van der Waals surface area contributed by atoms with Gasteiger partial charge in [-0.1, -0.05) is 18.2 Å². The van der Waals surface area contributed by atoms with Gasteiger partial charge in [-0.15, -0.1) is 11.3 Å². The molecule has 0 aliphatic heterocycles. The Morgan fingerprint density at radius 1 is 1.28 bits per heavy atom. The average molecular weight is 282 g/mol. The first-order chi connectivity index (χ1) is 8.49. The molecule has 4 nitrogen and oxygen atoms in total. The molecular formula is C12H14N2O2S2. The van der Waals surface area contributed by atoms with Crippen LogP contribution in [0.15, 0.2) is 40.6 Å². The predicted molar refractivity (Wildman–Crippen MR) is 72.0 cm³/mol. The van der Waals surface area contributed by atoms with Crippen LogP contribution in [0, 0.1) is 6.92 Å². The Labute approximate surface area is 111 Å². The second-order valence-electron chi connectivity index (χ2n) is 3.98. The Morgan fingerprint density at radius 2 is 1.94 bits per heavy atom. The van der Waals surface area contributed by atoms with Crippen LogP contribution in [-0.4, -0.2) is 13.4 Å². The van der Waals surface area contributed by atoms with E-state index in [1.165, 1.54) is 11.3 Å². The predicted octanol–water partition coefficient (Wildman–Crippen LogP) is 2.49. The molecule has 1 aromatic heterocycles. The molecule has 2 rings (SSSR count). The SMILES string of the molecule is Cc1csc(C(C)NS(=O)(=O)c2ccccc2)n1. The summed E-state index contributed by atoms with van der Waals surface area (Å²) in [5.74, 6) is 0. The van der Waals surface area contributed by atoms with Gasteiger partial charge < -0.3 is 0 Å². The molecule has 0 saturated carbocycles. The fourth-order valence-corrected chi connectivity index (χ4v) is 3.63. The van der Waals surface area contributed by atoms with Crippen LogP contribution < -0.4 is 4.72 Å². The molecule has 0 aliphatic rings. The molecule has 1 heterocycles. The highest BCUT2D eigenvalue weighted by molar-refractivity contribution is 7.89. The van der Waals surface area contributed by atoms with Crippen LogP contribution in [0.2, 0.25) is 0 Å². The number of sulfonamides is 1. The highest BCUT2D eigenvalue weighted by atomic mass is 32.2. The summed E-state index contributed by atoms with van der Waals surface area (Å²) < 4.78 is 26.8. The Hall–Kier alpha value is -1.24. The van der Waals surface area contributed by atoms with Gasteiger partial charge in [-0.3, -0.25) is 0 Å². The van der Waals surface area contributed by atoms with E-state index < -0.39 is 10.0 Å². The number of rotatable bonds is 4. The maximum absolute atomic E-state index is 12.1. The van der Waals surface area contributed by atoms with Gasteiger partial charge in [-0.2, -0.15) is 0 Å². The van der Waals surface area contributed by atoms with Crippen molar-refractivity contribution in [3.05, 3.63) is 46.4 Å². The summed E-state index contributed by atoms with van der Waals surface area (Å²) >= 11 is 1.46. The highest BCUT2D eigenvalue weighted by Crippen LogP contribution is 2.20. The molecule has 0 fully saturated rings. The van der Waals surface area contributed by atoms with Gasteiger partial charge in [0.1, 0.15) is 5.01 Å². The Balaban J connectivity index is 2.19. The molecule has 6 heteroatoms. The fourth-order valence-electron chi connectivity index (χ4n) is 1.52. The van der Waals surface area contributed by atoms with Crippen LogP contribution in [0.1, 0.15) is 23.7 Å². The second-order valence-corrected chi connectivity index (χ2v) is 6.59. The molecule has 0 bridgehead atoms. The van der Waals surface area contributed by atoms with Gasteiger partial charge in [0.05, 0.1) is 10.9 Å². The van der Waals surface area contributed by atoms with Crippen molar-refractivity contribution in [2.45, 2.75) is 24.8 Å². The summed E-state index contributed by atoms with van der Waals surface area (Å²) in [7, 11) is -3.48. The van der Waals surface area contributed by atoms with E-state index in [2.05, 4.69) is 9.71 Å². The molecule has 0 saturated heterocycles. The zero-order valence-electron chi connectivity index (χ0n) is 10.1. The summed E-state index contributed by atoms with van der Waals surface area (Å²) in [6, 6.07) is 8.00. The quantitative estimate of drug-likeness (QED) is 0.937. The molecule has 1 N–H and O–H groups in total. The topological polar surface area (TPSA) is 59.1 Å². The van der Waals surface area contributed by atoms with Crippen molar-refractivity contribution in [1.82, 2.24) is 9.71 Å². The first-order valence-electron chi connectivity index (χ1n) is 5.48. The van der Waals surface area contributed by atoms with E-state index in [9.17, 15) is 8.42 Å². The van der Waals surface area contributed by atoms with Gasteiger partial charge in [-0.25, -0.2) is 18.1 Å². The molecule has 1 atom stereocenters. The van der Waals surface area contributed by atoms with Crippen molar-refractivity contribution in [1.29, 1.82) is 0 Å². The molecule has 1 unspecified atom stereocenters. The number of nitrogens with one attached hydrogen (secondary N) is 1. The third kappa shape index (κ3) is 2.95. The van der Waals surface area contributed by atoms with Crippen molar-refractivity contribution in [2.75, 3.05) is 0 Å². The molecule has 1 aromatic carbocycles. The first-order valence-corrected chi connectivity index (χ1v) is 7.85. The maximum Gasteiger partial charge on any atom is 0.241 e. The van der Waals surface area contributed by atoms with Crippen LogP contribution in [0.25, 0.3) is 0 Å². The normalized spacial score (nSPS) is 13.4. The lowest BCUT2D eigenvalue weighted by molar-refractivity contribution is 0.566. The van der Waals surface area contributed by atoms with Gasteiger partial charge in [-0.05, 0) is 26.0 Å². The zero-order valence-corrected chi connectivity index (χ0v) is 11.8. The van der Waals surface area contributed by atoms with E-state index in [0.29, 0.717) is 0 Å². The van der Waals surface area contributed by atoms with Crippen molar-refractivity contribution < 1.29 is 8.42 Å². The molecule has 0 spiro atoms. The highest BCUT2D eigenvalue weighted by Gasteiger charge is 2.19. The van der Waals surface area contributed by atoms with Crippen LogP contribution in [-0.2, 0) is 10.0 Å².